The Hall–Kier alpha value is -6.91. The summed E-state index contributed by atoms with van der Waals surface area (Å²) < 4.78 is 6.86. The Balaban J connectivity index is 1.25. The molecule has 0 atom stereocenters. The van der Waals surface area contributed by atoms with Crippen LogP contribution in [0.4, 0.5) is 0 Å². The van der Waals surface area contributed by atoms with Gasteiger partial charge >= 0.3 is 0 Å². The smallest absolute Gasteiger partial charge is 0.164 e. The molecular weight excluding hydrogens is 623 g/mol. The highest BCUT2D eigenvalue weighted by Crippen LogP contribution is 2.43. The third kappa shape index (κ3) is 5.13. The predicted octanol–water partition coefficient (Wildman–Crippen LogP) is 12.4. The largest absolute Gasteiger partial charge is 0.455 e. The summed E-state index contributed by atoms with van der Waals surface area (Å²) in [4.78, 5) is 15.4. The van der Waals surface area contributed by atoms with Crippen LogP contribution in [0.2, 0.25) is 0 Å². The Bertz CT molecular complexity index is 2910. The lowest BCUT2D eigenvalue weighted by Gasteiger charge is -2.12. The Morgan fingerprint density at radius 2 is 0.902 bits per heavy atom. The molecule has 2 heterocycles. The van der Waals surface area contributed by atoms with Crippen LogP contribution in [-0.2, 0) is 0 Å². The van der Waals surface area contributed by atoms with Gasteiger partial charge in [-0.2, -0.15) is 0 Å². The normalized spacial score (nSPS) is 11.5. The summed E-state index contributed by atoms with van der Waals surface area (Å²) in [5, 5.41) is 6.58. The van der Waals surface area contributed by atoms with Gasteiger partial charge in [0.1, 0.15) is 11.2 Å². The number of hydrogen-bond donors (Lipinski definition) is 0. The van der Waals surface area contributed by atoms with Crippen LogP contribution in [0.25, 0.3) is 99.9 Å². The SMILES string of the molecule is c1ccc(-c2cccc(-c3ccc(-c4nc(-c5ccccc5)nc(-c5ccc6ccccc6c5)n4)c4c3oc3cc5ccccc5cc34)c2)cc1. The van der Waals surface area contributed by atoms with Crippen molar-refractivity contribution in [1.82, 2.24) is 15.0 Å². The van der Waals surface area contributed by atoms with E-state index in [1.165, 1.54) is 10.9 Å². The highest BCUT2D eigenvalue weighted by Gasteiger charge is 2.21. The predicted molar refractivity (Wildman–Crippen MR) is 209 cm³/mol. The number of furan rings is 1. The molecule has 238 valence electrons. The molecule has 0 radical (unpaired) electrons. The van der Waals surface area contributed by atoms with E-state index in [-0.39, 0.29) is 0 Å². The highest BCUT2D eigenvalue weighted by atomic mass is 16.3. The first-order valence-corrected chi connectivity index (χ1v) is 17.1. The summed E-state index contributed by atoms with van der Waals surface area (Å²) in [5.74, 6) is 1.84. The van der Waals surface area contributed by atoms with E-state index in [1.54, 1.807) is 0 Å². The van der Waals surface area contributed by atoms with Crippen molar-refractivity contribution >= 4 is 43.5 Å². The summed E-state index contributed by atoms with van der Waals surface area (Å²) in [5.41, 5.74) is 8.79. The van der Waals surface area contributed by atoms with Gasteiger partial charge in [-0.25, -0.2) is 15.0 Å². The number of benzene rings is 8. The third-order valence-corrected chi connectivity index (χ3v) is 9.68. The molecule has 10 aromatic rings. The van der Waals surface area contributed by atoms with Gasteiger partial charge in [-0.15, -0.1) is 0 Å². The van der Waals surface area contributed by atoms with Crippen LogP contribution in [0.5, 0.6) is 0 Å². The van der Waals surface area contributed by atoms with Crippen molar-refractivity contribution in [3.05, 3.63) is 176 Å². The van der Waals surface area contributed by atoms with Gasteiger partial charge in [-0.3, -0.25) is 0 Å². The molecule has 0 aliphatic carbocycles. The molecule has 0 aliphatic rings. The van der Waals surface area contributed by atoms with E-state index in [2.05, 4.69) is 140 Å². The first-order valence-electron chi connectivity index (χ1n) is 17.1. The van der Waals surface area contributed by atoms with Crippen LogP contribution in [0.3, 0.4) is 0 Å². The molecular formula is C47H29N3O. The quantitative estimate of drug-likeness (QED) is 0.186. The molecule has 10 rings (SSSR count). The van der Waals surface area contributed by atoms with Gasteiger partial charge in [-0.05, 0) is 74.6 Å². The van der Waals surface area contributed by atoms with Gasteiger partial charge in [0.05, 0.1) is 0 Å². The third-order valence-electron chi connectivity index (χ3n) is 9.68. The lowest BCUT2D eigenvalue weighted by molar-refractivity contribution is 0.670. The van der Waals surface area contributed by atoms with Crippen molar-refractivity contribution in [1.29, 1.82) is 0 Å². The summed E-state index contributed by atoms with van der Waals surface area (Å²) >= 11 is 0. The second-order valence-electron chi connectivity index (χ2n) is 12.8. The fraction of sp³-hybridized carbons (Fsp3) is 0. The van der Waals surface area contributed by atoms with Gasteiger partial charge < -0.3 is 4.42 Å². The lowest BCUT2D eigenvalue weighted by atomic mass is 9.95. The Kier molecular flexibility index (Phi) is 6.78. The minimum atomic E-state index is 0.595. The van der Waals surface area contributed by atoms with Crippen molar-refractivity contribution in [2.45, 2.75) is 0 Å². The average Bonchev–Trinajstić information content (AvgIpc) is 3.58. The summed E-state index contributed by atoms with van der Waals surface area (Å²) in [7, 11) is 0. The average molecular weight is 652 g/mol. The van der Waals surface area contributed by atoms with Crippen LogP contribution in [0, 0.1) is 0 Å². The molecule has 0 saturated heterocycles. The maximum Gasteiger partial charge on any atom is 0.164 e. The van der Waals surface area contributed by atoms with E-state index in [0.717, 1.165) is 71.5 Å². The van der Waals surface area contributed by atoms with Gasteiger partial charge in [0.15, 0.2) is 17.5 Å². The molecule has 0 unspecified atom stereocenters. The van der Waals surface area contributed by atoms with Crippen molar-refractivity contribution in [3.8, 4) is 56.4 Å². The molecule has 0 spiro atoms. The standard InChI is InChI=1S/C47H29N3O/c1-3-12-30(13-4-1)34-20-11-21-37(26-34)39-24-25-40(43-41-28-35-18-9-10-19-36(35)29-42(41)51-44(39)43)47-49-45(32-15-5-2-6-16-32)48-46(50-47)38-23-22-31-14-7-8-17-33(31)27-38/h1-29H. The molecule has 4 nitrogen and oxygen atoms in total. The molecule has 8 aromatic carbocycles. The maximum atomic E-state index is 6.86. The second-order valence-corrected chi connectivity index (χ2v) is 12.8. The minimum absolute atomic E-state index is 0.595. The summed E-state index contributed by atoms with van der Waals surface area (Å²) in [6.07, 6.45) is 0. The van der Waals surface area contributed by atoms with Crippen LogP contribution in [0.1, 0.15) is 0 Å². The van der Waals surface area contributed by atoms with Gasteiger partial charge in [0.25, 0.3) is 0 Å². The van der Waals surface area contributed by atoms with Crippen LogP contribution in [0.15, 0.2) is 180 Å². The lowest BCUT2D eigenvalue weighted by Crippen LogP contribution is -2.00. The van der Waals surface area contributed by atoms with Crippen molar-refractivity contribution < 1.29 is 4.42 Å². The first-order chi connectivity index (χ1) is 25.2. The van der Waals surface area contributed by atoms with Gasteiger partial charge in [-0.1, -0.05) is 140 Å². The molecule has 51 heavy (non-hydrogen) atoms. The van der Waals surface area contributed by atoms with E-state index in [1.807, 2.05) is 36.4 Å². The minimum Gasteiger partial charge on any atom is -0.455 e. The van der Waals surface area contributed by atoms with Gasteiger partial charge in [0, 0.05) is 33.0 Å². The number of aromatic nitrogens is 3. The zero-order chi connectivity index (χ0) is 33.7. The highest BCUT2D eigenvalue weighted by molar-refractivity contribution is 6.18. The first kappa shape index (κ1) is 29.0. The zero-order valence-corrected chi connectivity index (χ0v) is 27.5. The van der Waals surface area contributed by atoms with Crippen LogP contribution in [-0.4, -0.2) is 15.0 Å². The van der Waals surface area contributed by atoms with Crippen LogP contribution < -0.4 is 0 Å². The van der Waals surface area contributed by atoms with E-state index in [0.29, 0.717) is 17.5 Å². The number of rotatable bonds is 5. The molecule has 0 N–H and O–H groups in total. The van der Waals surface area contributed by atoms with E-state index in [9.17, 15) is 0 Å². The van der Waals surface area contributed by atoms with Crippen molar-refractivity contribution in [2.75, 3.05) is 0 Å². The van der Waals surface area contributed by atoms with Gasteiger partial charge in [0.2, 0.25) is 0 Å². The Labute approximate surface area is 294 Å². The number of nitrogens with zero attached hydrogens (tertiary/aromatic N) is 3. The molecule has 4 heteroatoms. The van der Waals surface area contributed by atoms with Crippen molar-refractivity contribution in [2.24, 2.45) is 0 Å². The Morgan fingerprint density at radius 1 is 0.333 bits per heavy atom. The van der Waals surface area contributed by atoms with Crippen LogP contribution >= 0.6 is 0 Å². The maximum absolute atomic E-state index is 6.86. The molecule has 0 bridgehead atoms. The molecule has 2 aromatic heterocycles. The fourth-order valence-corrected chi connectivity index (χ4v) is 7.15. The van der Waals surface area contributed by atoms with E-state index < -0.39 is 0 Å². The fourth-order valence-electron chi connectivity index (χ4n) is 7.15. The van der Waals surface area contributed by atoms with E-state index >= 15 is 0 Å². The number of fused-ring (bicyclic) bond motifs is 5. The molecule has 0 aliphatic heterocycles. The Morgan fingerprint density at radius 3 is 1.67 bits per heavy atom. The molecule has 0 saturated carbocycles. The zero-order valence-electron chi connectivity index (χ0n) is 27.5. The van der Waals surface area contributed by atoms with Crippen molar-refractivity contribution in [3.63, 3.8) is 0 Å². The summed E-state index contributed by atoms with van der Waals surface area (Å²) in [6, 6.07) is 61.0. The molecule has 0 fully saturated rings. The topological polar surface area (TPSA) is 51.8 Å². The summed E-state index contributed by atoms with van der Waals surface area (Å²) in [6.45, 7) is 0. The second kappa shape index (κ2) is 11.9. The van der Waals surface area contributed by atoms with E-state index in [4.69, 9.17) is 19.4 Å². The number of hydrogen-bond acceptors (Lipinski definition) is 4. The molecule has 0 amide bonds. The monoisotopic (exact) mass is 651 g/mol.